The zero-order valence-corrected chi connectivity index (χ0v) is 74.0. The van der Waals surface area contributed by atoms with Crippen LogP contribution in [0.3, 0.4) is 0 Å². The quantitative estimate of drug-likeness (QED) is 0.0111. The molecule has 0 atom stereocenters. The number of hydrogen-bond acceptors (Lipinski definition) is 18. The highest BCUT2D eigenvalue weighted by Crippen LogP contribution is 2.37. The van der Waals surface area contributed by atoms with E-state index in [1.165, 1.54) is 23.3 Å². The molecule has 0 radical (unpaired) electrons. The van der Waals surface area contributed by atoms with Gasteiger partial charge in [0.1, 0.15) is 11.4 Å². The van der Waals surface area contributed by atoms with Gasteiger partial charge < -0.3 is 51.8 Å². The third-order valence-electron chi connectivity index (χ3n) is 18.4. The lowest BCUT2D eigenvalue weighted by atomic mass is 10.1. The van der Waals surface area contributed by atoms with Crippen LogP contribution < -0.4 is 38.1 Å². The van der Waals surface area contributed by atoms with Crippen molar-refractivity contribution in [2.75, 3.05) is 38.1 Å². The number of rotatable bonds is 22. The number of thiophene rings is 2. The molecule has 0 fully saturated rings. The molecule has 0 saturated carbocycles. The molecule has 600 valence electrons. The highest BCUT2D eigenvalue weighted by Gasteiger charge is 2.21. The molecule has 0 amide bonds. The molecule has 9 N–H and O–H groups in total. The number of halogens is 5. The molecule has 0 saturated heterocycles. The summed E-state index contributed by atoms with van der Waals surface area (Å²) in [5, 5.41) is 45.1. The summed E-state index contributed by atoms with van der Waals surface area (Å²) in [7, 11) is 5.85. The van der Waals surface area contributed by atoms with E-state index in [1.807, 2.05) is 253 Å². The maximum atomic E-state index is 11.1. The monoisotopic (exact) mass is 1800 g/mol. The minimum atomic E-state index is -0.428. The molecular weight excluding hydrogens is 1730 g/mol. The Labute approximate surface area is 749 Å². The number of thiocarbonyl (C=S) groups is 5. The number of nitro groups is 2. The summed E-state index contributed by atoms with van der Waals surface area (Å²) in [6.07, 6.45) is 5.85. The Bertz CT molecular complexity index is 5790. The predicted octanol–water partition coefficient (Wildman–Crippen LogP) is 27.3. The van der Waals surface area contributed by atoms with Crippen LogP contribution in [0.25, 0.3) is 0 Å². The number of anilines is 12. The second-order valence-corrected chi connectivity index (χ2v) is 32.6. The molecule has 0 bridgehead atoms. The third kappa shape index (κ3) is 22.8. The maximum Gasteiger partial charge on any atom is 0.292 e. The van der Waals surface area contributed by atoms with Crippen LogP contribution in [-0.4, -0.2) is 47.9 Å². The van der Waals surface area contributed by atoms with E-state index in [1.54, 1.807) is 77.3 Å². The van der Waals surface area contributed by atoms with Crippen LogP contribution in [0, 0.1) is 41.0 Å². The van der Waals surface area contributed by atoms with Crippen molar-refractivity contribution < 1.29 is 9.85 Å². The van der Waals surface area contributed by atoms with Crippen molar-refractivity contribution in [1.82, 2.24) is 13.7 Å². The largest absolute Gasteiger partial charge is 0.397 e. The smallest absolute Gasteiger partial charge is 0.292 e. The van der Waals surface area contributed by atoms with Crippen molar-refractivity contribution in [3.05, 3.63) is 407 Å². The highest BCUT2D eigenvalue weighted by atomic mass is 35.5. The Kier molecular flexibility index (Phi) is 30.8. The molecule has 0 aliphatic rings. The minimum Gasteiger partial charge on any atom is -0.397 e. The summed E-state index contributed by atoms with van der Waals surface area (Å²) >= 11 is 63.2. The van der Waals surface area contributed by atoms with Gasteiger partial charge in [0.25, 0.3) is 11.4 Å². The van der Waals surface area contributed by atoms with E-state index >= 15 is 0 Å². The molecule has 0 aliphatic carbocycles. The number of nitrogens with two attached hydrogens (primary N) is 2. The normalized spacial score (nSPS) is 10.5. The summed E-state index contributed by atoms with van der Waals surface area (Å²) < 4.78 is 5.91. The fraction of sp³-hybridized carbons (Fsp3) is 0.0659. The van der Waals surface area contributed by atoms with Gasteiger partial charge in [-0.15, -0.1) is 22.7 Å². The Morgan fingerprint density at radius 1 is 0.328 bits per heavy atom. The van der Waals surface area contributed by atoms with Gasteiger partial charge in [-0.2, -0.15) is 0 Å². The average Bonchev–Trinajstić information content (AvgIpc) is 1.82. The Balaban J connectivity index is 0.000000146. The predicted molar refractivity (Wildman–Crippen MR) is 521 cm³/mol. The van der Waals surface area contributed by atoms with Crippen LogP contribution in [0.4, 0.5) is 79.6 Å². The summed E-state index contributed by atoms with van der Waals surface area (Å²) in [5.74, 6) is 0. The molecule has 0 unspecified atom stereocenters. The topological polar surface area (TPSA) is 213 Å². The van der Waals surface area contributed by atoms with Crippen molar-refractivity contribution in [2.24, 2.45) is 21.1 Å². The van der Waals surface area contributed by atoms with E-state index in [4.69, 9.17) is 131 Å². The Morgan fingerprint density at radius 2 is 0.588 bits per heavy atom. The number of hydrogen-bond donors (Lipinski definition) is 7. The first-order valence-electron chi connectivity index (χ1n) is 36.3. The van der Waals surface area contributed by atoms with Crippen LogP contribution in [0.5, 0.6) is 0 Å². The molecule has 5 heterocycles. The second-order valence-electron chi connectivity index (χ2n) is 26.7. The molecule has 5 aromatic heterocycles. The minimum absolute atomic E-state index is 0.00188. The van der Waals surface area contributed by atoms with Gasteiger partial charge in [0.15, 0.2) is 0 Å². The van der Waals surface area contributed by atoms with Gasteiger partial charge in [-0.05, 0) is 230 Å². The van der Waals surface area contributed by atoms with Crippen molar-refractivity contribution in [2.45, 2.75) is 20.8 Å². The van der Waals surface area contributed by atoms with Gasteiger partial charge in [-0.1, -0.05) is 186 Å². The van der Waals surface area contributed by atoms with Crippen LogP contribution in [-0.2, 0) is 21.1 Å². The van der Waals surface area contributed by atoms with E-state index in [-0.39, 0.29) is 11.4 Å². The first-order chi connectivity index (χ1) is 57.1. The average molecular weight is 1800 g/mol. The molecule has 16 nitrogen and oxygen atoms in total. The number of nitrogens with one attached hydrogen (secondary N) is 5. The first kappa shape index (κ1) is 88.5. The number of para-hydroxylation sites is 9. The molecule has 28 heteroatoms. The fourth-order valence-corrected chi connectivity index (χ4v) is 17.6. The lowest BCUT2D eigenvalue weighted by Crippen LogP contribution is -2.06. The van der Waals surface area contributed by atoms with E-state index < -0.39 is 9.85 Å². The summed E-state index contributed by atoms with van der Waals surface area (Å²) in [6.45, 7) is 6.14. The lowest BCUT2D eigenvalue weighted by Gasteiger charge is -2.12. The fourth-order valence-electron chi connectivity index (χ4n) is 12.0. The van der Waals surface area contributed by atoms with Crippen molar-refractivity contribution in [3.63, 3.8) is 0 Å². The molecular formula is C91H75Cl5N12O4S7. The molecule has 0 spiro atoms. The SMILES string of the molecule is Cc1ccccc1Nc1ccc(C(=S)c2cccn2C)c(Cl)c1.Cc1ccsc1C(=S)c1ccc(Nc2ccccc2N)cc1Cl.Cc1ccsc1C(=S)c1ccc(Nc2ccccc2[N+](=O)[O-])cc1Cl.Cn1cccc1C(=S)c1ccc(Nc2ccccc2N)cc1Cl.Cn1cccc1C(=S)c1ccc(Nc2ccccc2[N+](=O)[O-])cc1Cl. The van der Waals surface area contributed by atoms with Gasteiger partial charge >= 0.3 is 0 Å². The van der Waals surface area contributed by atoms with Gasteiger partial charge in [0.2, 0.25) is 0 Å². The number of aromatic nitrogens is 3. The Hall–Kier alpha value is -11.3. The van der Waals surface area contributed by atoms with Crippen molar-refractivity contribution in [3.8, 4) is 0 Å². The van der Waals surface area contributed by atoms with E-state index in [2.05, 4.69) is 52.6 Å². The zero-order valence-electron chi connectivity index (χ0n) is 64.5. The summed E-state index contributed by atoms with van der Waals surface area (Å²) in [4.78, 5) is 27.1. The molecule has 10 aromatic carbocycles. The van der Waals surface area contributed by atoms with Crippen LogP contribution in [0.2, 0.25) is 25.1 Å². The third-order valence-corrected chi connectivity index (χ3v) is 24.4. The van der Waals surface area contributed by atoms with Gasteiger partial charge in [-0.25, -0.2) is 0 Å². The number of aryl methyl sites for hydroxylation is 6. The summed E-state index contributed by atoms with van der Waals surface area (Å²) in [6, 6.07) is 80.2. The second kappa shape index (κ2) is 41.4. The number of nitro benzene ring substituents is 2. The van der Waals surface area contributed by atoms with Crippen LogP contribution in [0.15, 0.2) is 290 Å². The summed E-state index contributed by atoms with van der Waals surface area (Å²) in [5.41, 5.74) is 31.3. The first-order valence-corrected chi connectivity index (χ1v) is 42.0. The number of nitrogen functional groups attached to an aromatic ring is 2. The highest BCUT2D eigenvalue weighted by molar-refractivity contribution is 7.82. The molecule has 0 aliphatic heterocycles. The van der Waals surface area contributed by atoms with Crippen molar-refractivity contribution >= 4 is 246 Å². The van der Waals surface area contributed by atoms with Crippen molar-refractivity contribution in [1.29, 1.82) is 0 Å². The van der Waals surface area contributed by atoms with Gasteiger partial charge in [-0.3, -0.25) is 20.2 Å². The zero-order chi connectivity index (χ0) is 85.1. The van der Waals surface area contributed by atoms with E-state index in [0.717, 1.165) is 109 Å². The standard InChI is InChI=1S/C19H17ClN2S.C18H14ClN3O2S.C18H16ClN3S.C18H13ClN2O2S2.C18H15ClN2S2/c1-13-6-3-4-7-17(13)21-14-9-10-15(16(20)12-14)19(23)18-8-5-11-22(18)2;1-21-10-4-7-17(21)18(25)13-9-8-12(11-14(13)19)20-15-5-2-3-6-16(15)22(23)24;1-22-10-4-7-17(22)18(23)13-9-8-12(11-14(13)19)21-16-6-3-2-5-15(16)20;1-11-8-9-25-18(11)17(24)13-7-6-12(10-14(13)19)20-15-4-2-3-5-16(15)21(22)23;1-11-8-9-23-18(11)17(22)13-7-6-12(10-14(13)19)21-16-5-3-2-4-15(16)20/h3-12,21H,1-2H3;2-11,20H,1H3;2-11,21H,20H2,1H3;2-10,20H,1H3;2-10,21H,20H2,1H3. The number of nitrogens with zero attached hydrogens (tertiary/aromatic N) is 5. The van der Waals surface area contributed by atoms with Gasteiger partial charge in [0.05, 0.1) is 99.1 Å². The maximum absolute atomic E-state index is 11.1. The number of benzene rings is 10. The van der Waals surface area contributed by atoms with Crippen LogP contribution >= 0.6 is 142 Å². The molecule has 15 aromatic rings. The van der Waals surface area contributed by atoms with Gasteiger partial charge in [0, 0.05) is 124 Å². The lowest BCUT2D eigenvalue weighted by molar-refractivity contribution is -0.384. The molecule has 119 heavy (non-hydrogen) atoms. The van der Waals surface area contributed by atoms with Crippen LogP contribution in [0.1, 0.15) is 71.3 Å². The Morgan fingerprint density at radius 3 is 0.849 bits per heavy atom. The van der Waals surface area contributed by atoms with E-state index in [9.17, 15) is 20.2 Å². The van der Waals surface area contributed by atoms with E-state index in [0.29, 0.717) is 69.0 Å². The molecule has 15 rings (SSSR count).